The summed E-state index contributed by atoms with van der Waals surface area (Å²) < 4.78 is 29.1. The zero-order chi connectivity index (χ0) is 20.9. The lowest BCUT2D eigenvalue weighted by molar-refractivity contribution is -0.132. The smallest absolute Gasteiger partial charge is 0.237 e. The molecule has 2 aromatic rings. The molecule has 2 unspecified atom stereocenters. The molecule has 1 saturated heterocycles. The van der Waals surface area contributed by atoms with E-state index in [9.17, 15) is 13.2 Å². The van der Waals surface area contributed by atoms with Crippen molar-refractivity contribution in [2.24, 2.45) is 0 Å². The number of carbonyl (C=O) groups excluding carboxylic acids is 1. The fourth-order valence-electron chi connectivity index (χ4n) is 3.66. The Balaban J connectivity index is 1.68. The largest absolute Gasteiger partial charge is 0.497 e. The van der Waals surface area contributed by atoms with Crippen molar-refractivity contribution in [3.05, 3.63) is 52.2 Å². The summed E-state index contributed by atoms with van der Waals surface area (Å²) in [4.78, 5) is 15.9. The van der Waals surface area contributed by atoms with Crippen LogP contribution in [0.3, 0.4) is 0 Å². The molecule has 0 bridgehead atoms. The molecule has 8 heteroatoms. The normalized spacial score (nSPS) is 19.0. The summed E-state index contributed by atoms with van der Waals surface area (Å²) in [6, 6.07) is 11.5. The zero-order valence-electron chi connectivity index (χ0n) is 16.8. The number of carbonyl (C=O) groups is 1. The molecule has 0 saturated carbocycles. The van der Waals surface area contributed by atoms with Crippen molar-refractivity contribution in [1.82, 2.24) is 10.2 Å². The van der Waals surface area contributed by atoms with Crippen molar-refractivity contribution in [3.8, 4) is 5.75 Å². The number of benzene rings is 1. The maximum atomic E-state index is 13.1. The van der Waals surface area contributed by atoms with E-state index in [1.54, 1.807) is 23.3 Å². The van der Waals surface area contributed by atoms with Crippen molar-refractivity contribution in [3.63, 3.8) is 0 Å². The first-order chi connectivity index (χ1) is 13.9. The number of nitrogens with one attached hydrogen (secondary N) is 1. The summed E-state index contributed by atoms with van der Waals surface area (Å²) in [6.45, 7) is 2.70. The van der Waals surface area contributed by atoms with Crippen LogP contribution in [0, 0.1) is 0 Å². The second-order valence-electron chi connectivity index (χ2n) is 7.27. The van der Waals surface area contributed by atoms with E-state index in [1.807, 2.05) is 41.8 Å². The van der Waals surface area contributed by atoms with Crippen LogP contribution in [-0.4, -0.2) is 50.4 Å². The molecular weight excluding hydrogens is 408 g/mol. The zero-order valence-corrected chi connectivity index (χ0v) is 18.5. The Labute approximate surface area is 176 Å². The van der Waals surface area contributed by atoms with Gasteiger partial charge in [-0.2, -0.15) is 0 Å². The first-order valence-electron chi connectivity index (χ1n) is 9.81. The van der Waals surface area contributed by atoms with Gasteiger partial charge in [0.2, 0.25) is 5.91 Å². The van der Waals surface area contributed by atoms with E-state index in [2.05, 4.69) is 12.2 Å². The molecule has 1 aliphatic heterocycles. The summed E-state index contributed by atoms with van der Waals surface area (Å²) in [5, 5.41) is 5.32. The van der Waals surface area contributed by atoms with E-state index in [1.165, 1.54) is 0 Å². The van der Waals surface area contributed by atoms with Crippen LogP contribution in [0.15, 0.2) is 41.8 Å². The summed E-state index contributed by atoms with van der Waals surface area (Å²) in [7, 11) is -1.43. The van der Waals surface area contributed by atoms with Gasteiger partial charge in [0, 0.05) is 17.0 Å². The molecule has 3 rings (SSSR count). The monoisotopic (exact) mass is 436 g/mol. The van der Waals surface area contributed by atoms with Gasteiger partial charge < -0.3 is 15.0 Å². The Kier molecular flexibility index (Phi) is 7.32. The predicted octanol–water partition coefficient (Wildman–Crippen LogP) is 3.01. The van der Waals surface area contributed by atoms with Crippen LogP contribution < -0.4 is 10.1 Å². The minimum atomic E-state index is -3.06. The number of hydrogen-bond acceptors (Lipinski definition) is 6. The van der Waals surface area contributed by atoms with Crippen LogP contribution in [0.1, 0.15) is 36.2 Å². The predicted molar refractivity (Wildman–Crippen MR) is 116 cm³/mol. The van der Waals surface area contributed by atoms with Crippen molar-refractivity contribution in [2.45, 2.75) is 38.4 Å². The number of sulfone groups is 1. The summed E-state index contributed by atoms with van der Waals surface area (Å²) in [6.07, 6.45) is 1.34. The minimum Gasteiger partial charge on any atom is -0.497 e. The van der Waals surface area contributed by atoms with Gasteiger partial charge in [-0.3, -0.25) is 4.79 Å². The van der Waals surface area contributed by atoms with Crippen LogP contribution in [0.2, 0.25) is 0 Å². The van der Waals surface area contributed by atoms with E-state index >= 15 is 0 Å². The summed E-state index contributed by atoms with van der Waals surface area (Å²) >= 11 is 1.58. The number of methoxy groups -OCH3 is 1. The molecule has 0 radical (unpaired) electrons. The molecular formula is C21H28N2O4S2. The van der Waals surface area contributed by atoms with E-state index in [0.717, 1.165) is 22.6 Å². The quantitative estimate of drug-likeness (QED) is 0.654. The molecule has 1 amide bonds. The molecule has 6 nitrogen and oxygen atoms in total. The average Bonchev–Trinajstić information content (AvgIpc) is 3.36. The van der Waals surface area contributed by atoms with Crippen molar-refractivity contribution < 1.29 is 17.9 Å². The topological polar surface area (TPSA) is 75.7 Å². The third-order valence-corrected chi connectivity index (χ3v) is 7.91. The number of ether oxygens (including phenoxy) is 1. The van der Waals surface area contributed by atoms with Crippen molar-refractivity contribution in [2.75, 3.05) is 25.2 Å². The van der Waals surface area contributed by atoms with Gasteiger partial charge in [-0.1, -0.05) is 25.1 Å². The highest BCUT2D eigenvalue weighted by Gasteiger charge is 2.34. The molecule has 2 heterocycles. The Morgan fingerprint density at radius 3 is 2.62 bits per heavy atom. The lowest BCUT2D eigenvalue weighted by Gasteiger charge is -2.29. The van der Waals surface area contributed by atoms with Crippen molar-refractivity contribution >= 4 is 27.1 Å². The maximum absolute atomic E-state index is 13.1. The van der Waals surface area contributed by atoms with Crippen LogP contribution in [0.5, 0.6) is 5.75 Å². The van der Waals surface area contributed by atoms with Gasteiger partial charge in [0.1, 0.15) is 5.75 Å². The van der Waals surface area contributed by atoms with E-state index in [4.69, 9.17) is 4.74 Å². The average molecular weight is 437 g/mol. The second kappa shape index (κ2) is 9.73. The third kappa shape index (κ3) is 5.81. The SMILES string of the molecule is CCC(NCC(=O)N(Cc1cccs1)C1CCS(=O)(=O)C1)c1ccc(OC)cc1. The molecule has 1 aliphatic rings. The van der Waals surface area contributed by atoms with Gasteiger partial charge in [-0.05, 0) is 42.0 Å². The molecule has 29 heavy (non-hydrogen) atoms. The molecule has 0 spiro atoms. The lowest BCUT2D eigenvalue weighted by Crippen LogP contribution is -2.45. The van der Waals surface area contributed by atoms with Crippen LogP contribution >= 0.6 is 11.3 Å². The molecule has 1 aromatic carbocycles. The highest BCUT2D eigenvalue weighted by molar-refractivity contribution is 7.91. The number of nitrogens with zero attached hydrogens (tertiary/aromatic N) is 1. The minimum absolute atomic E-state index is 0.0424. The summed E-state index contributed by atoms with van der Waals surface area (Å²) in [5.74, 6) is 0.944. The van der Waals surface area contributed by atoms with Gasteiger partial charge in [0.25, 0.3) is 0 Å². The number of rotatable bonds is 9. The molecule has 1 aromatic heterocycles. The van der Waals surface area contributed by atoms with Crippen LogP contribution in [-0.2, 0) is 21.2 Å². The van der Waals surface area contributed by atoms with Crippen LogP contribution in [0.4, 0.5) is 0 Å². The molecule has 1 N–H and O–H groups in total. The number of amides is 1. The molecule has 158 valence electrons. The standard InChI is InChI=1S/C21H28N2O4S2/c1-3-20(16-6-8-18(27-2)9-7-16)22-13-21(24)23(14-19-5-4-11-28-19)17-10-12-29(25,26)15-17/h4-9,11,17,20,22H,3,10,12-15H2,1-2H3. The fourth-order valence-corrected chi connectivity index (χ4v) is 6.09. The molecule has 1 fully saturated rings. The highest BCUT2D eigenvalue weighted by atomic mass is 32.2. The fraction of sp³-hybridized carbons (Fsp3) is 0.476. The van der Waals surface area contributed by atoms with Gasteiger partial charge in [0.05, 0.1) is 31.7 Å². The Morgan fingerprint density at radius 1 is 1.31 bits per heavy atom. The highest BCUT2D eigenvalue weighted by Crippen LogP contribution is 2.23. The van der Waals surface area contributed by atoms with Crippen molar-refractivity contribution in [1.29, 1.82) is 0 Å². The lowest BCUT2D eigenvalue weighted by atomic mass is 10.0. The third-order valence-electron chi connectivity index (χ3n) is 5.30. The van der Waals surface area contributed by atoms with Gasteiger partial charge in [-0.15, -0.1) is 11.3 Å². The molecule has 0 aliphatic carbocycles. The number of thiophene rings is 1. The first kappa shape index (κ1) is 21.8. The van der Waals surface area contributed by atoms with Gasteiger partial charge >= 0.3 is 0 Å². The summed E-state index contributed by atoms with van der Waals surface area (Å²) in [5.41, 5.74) is 1.09. The van der Waals surface area contributed by atoms with E-state index in [0.29, 0.717) is 13.0 Å². The van der Waals surface area contributed by atoms with Gasteiger partial charge in [-0.25, -0.2) is 8.42 Å². The Hall–Kier alpha value is -1.90. The van der Waals surface area contributed by atoms with E-state index < -0.39 is 9.84 Å². The maximum Gasteiger partial charge on any atom is 0.237 e. The second-order valence-corrected chi connectivity index (χ2v) is 10.5. The molecule has 2 atom stereocenters. The van der Waals surface area contributed by atoms with E-state index in [-0.39, 0.29) is 36.0 Å². The number of hydrogen-bond donors (Lipinski definition) is 1. The first-order valence-corrected chi connectivity index (χ1v) is 12.5. The van der Waals surface area contributed by atoms with Gasteiger partial charge in [0.15, 0.2) is 9.84 Å². The Morgan fingerprint density at radius 2 is 2.07 bits per heavy atom. The van der Waals surface area contributed by atoms with Crippen LogP contribution in [0.25, 0.3) is 0 Å². The Bertz CT molecular complexity index is 895.